The van der Waals surface area contributed by atoms with Crippen molar-refractivity contribution in [2.24, 2.45) is 0 Å². The van der Waals surface area contributed by atoms with Gasteiger partial charge in [0, 0.05) is 29.2 Å². The molecule has 0 bridgehead atoms. The van der Waals surface area contributed by atoms with E-state index in [9.17, 15) is 9.18 Å². The summed E-state index contributed by atoms with van der Waals surface area (Å²) in [6.07, 6.45) is 2.62. The molecule has 1 amide bonds. The highest BCUT2D eigenvalue weighted by Crippen LogP contribution is 2.34. The molecule has 0 fully saturated rings. The molecule has 0 aliphatic carbocycles. The monoisotopic (exact) mass is 363 g/mol. The molecule has 4 rings (SSSR count). The van der Waals surface area contributed by atoms with E-state index >= 15 is 0 Å². The summed E-state index contributed by atoms with van der Waals surface area (Å²) < 4.78 is 14.7. The molecular weight excluding hydrogens is 345 g/mol. The second kappa shape index (κ2) is 6.68. The number of H-pyrrole nitrogens is 1. The number of nitrogens with two attached hydrogens (primary N) is 1. The van der Waals surface area contributed by atoms with Gasteiger partial charge in [0.25, 0.3) is 5.91 Å². The Morgan fingerprint density at radius 3 is 2.89 bits per heavy atom. The van der Waals surface area contributed by atoms with Gasteiger partial charge in [0.2, 0.25) is 0 Å². The van der Waals surface area contributed by atoms with Crippen molar-refractivity contribution < 1.29 is 9.18 Å². The molecule has 7 heteroatoms. The number of nitrogens with zero attached hydrogens (tertiary/aromatic N) is 2. The number of fused-ring (bicyclic) bond motifs is 2. The summed E-state index contributed by atoms with van der Waals surface area (Å²) in [5, 5.41) is 12.3. The molecule has 27 heavy (non-hydrogen) atoms. The largest absolute Gasteiger partial charge is 0.396 e. The fourth-order valence-electron chi connectivity index (χ4n) is 3.14. The molecule has 0 spiro atoms. The molecule has 136 valence electrons. The van der Waals surface area contributed by atoms with Crippen molar-refractivity contribution in [1.82, 2.24) is 20.5 Å². The van der Waals surface area contributed by atoms with Crippen molar-refractivity contribution in [3.05, 3.63) is 54.1 Å². The van der Waals surface area contributed by atoms with Crippen LogP contribution in [0, 0.1) is 5.82 Å². The first kappa shape index (κ1) is 17.0. The van der Waals surface area contributed by atoms with E-state index in [-0.39, 0.29) is 17.3 Å². The van der Waals surface area contributed by atoms with Gasteiger partial charge in [-0.1, -0.05) is 13.0 Å². The highest BCUT2D eigenvalue weighted by molar-refractivity contribution is 6.08. The lowest BCUT2D eigenvalue weighted by atomic mass is 9.99. The minimum Gasteiger partial charge on any atom is -0.396 e. The van der Waals surface area contributed by atoms with E-state index in [1.54, 1.807) is 0 Å². The van der Waals surface area contributed by atoms with Crippen LogP contribution >= 0.6 is 0 Å². The number of benzene rings is 2. The second-order valence-corrected chi connectivity index (χ2v) is 6.32. The molecule has 0 unspecified atom stereocenters. The van der Waals surface area contributed by atoms with E-state index in [2.05, 4.69) is 20.5 Å². The smallest absolute Gasteiger partial charge is 0.273 e. The maximum absolute atomic E-state index is 14.7. The highest BCUT2D eigenvalue weighted by Gasteiger charge is 2.19. The average molecular weight is 363 g/mol. The van der Waals surface area contributed by atoms with Crippen LogP contribution in [0.3, 0.4) is 0 Å². The predicted molar refractivity (Wildman–Crippen MR) is 104 cm³/mol. The Morgan fingerprint density at radius 2 is 2.07 bits per heavy atom. The van der Waals surface area contributed by atoms with E-state index in [1.165, 1.54) is 12.1 Å². The van der Waals surface area contributed by atoms with Gasteiger partial charge in [-0.3, -0.25) is 4.79 Å². The van der Waals surface area contributed by atoms with Crippen LogP contribution < -0.4 is 11.1 Å². The Kier molecular flexibility index (Phi) is 4.19. The zero-order chi connectivity index (χ0) is 19.0. The van der Waals surface area contributed by atoms with Crippen molar-refractivity contribution in [2.75, 3.05) is 12.3 Å². The molecule has 2 aromatic heterocycles. The normalized spacial score (nSPS) is 11.2. The topological polar surface area (TPSA) is 96.7 Å². The summed E-state index contributed by atoms with van der Waals surface area (Å²) in [7, 11) is 0. The summed E-state index contributed by atoms with van der Waals surface area (Å²) >= 11 is 0. The van der Waals surface area contributed by atoms with Crippen LogP contribution in [0.2, 0.25) is 0 Å². The first-order valence-electron chi connectivity index (χ1n) is 8.70. The minimum atomic E-state index is -0.422. The number of anilines is 1. The summed E-state index contributed by atoms with van der Waals surface area (Å²) in [5.74, 6) is -0.808. The maximum atomic E-state index is 14.7. The summed E-state index contributed by atoms with van der Waals surface area (Å²) in [6.45, 7) is 2.47. The molecule has 0 radical (unpaired) electrons. The number of halogens is 1. The SMILES string of the molecule is CCCNC(=O)c1nnc2c(-c3ccc4[nH]ccc4c3)c(F)ccc2c1N. The lowest BCUT2D eigenvalue weighted by molar-refractivity contribution is 0.0949. The van der Waals surface area contributed by atoms with E-state index in [0.717, 1.165) is 17.3 Å². The molecule has 4 N–H and O–H groups in total. The van der Waals surface area contributed by atoms with Gasteiger partial charge in [0.05, 0.1) is 5.69 Å². The molecule has 0 aliphatic rings. The zero-order valence-electron chi connectivity index (χ0n) is 14.7. The second-order valence-electron chi connectivity index (χ2n) is 6.32. The van der Waals surface area contributed by atoms with E-state index in [1.807, 2.05) is 37.4 Å². The number of nitrogens with one attached hydrogen (secondary N) is 2. The van der Waals surface area contributed by atoms with Crippen LogP contribution in [0.25, 0.3) is 32.9 Å². The lowest BCUT2D eigenvalue weighted by Crippen LogP contribution is -2.26. The van der Waals surface area contributed by atoms with Gasteiger partial charge >= 0.3 is 0 Å². The number of hydrogen-bond donors (Lipinski definition) is 3. The molecule has 6 nitrogen and oxygen atoms in total. The number of carbonyl (C=O) groups excluding carboxylic acids is 1. The van der Waals surface area contributed by atoms with E-state index < -0.39 is 5.82 Å². The van der Waals surface area contributed by atoms with Crippen LogP contribution in [0.4, 0.5) is 10.1 Å². The van der Waals surface area contributed by atoms with Gasteiger partial charge in [0.15, 0.2) is 5.69 Å². The third-order valence-electron chi connectivity index (χ3n) is 4.51. The molecule has 4 aromatic rings. The molecule has 0 aliphatic heterocycles. The van der Waals surface area contributed by atoms with Gasteiger partial charge in [-0.2, -0.15) is 0 Å². The van der Waals surface area contributed by atoms with Crippen molar-refractivity contribution in [2.45, 2.75) is 13.3 Å². The zero-order valence-corrected chi connectivity index (χ0v) is 14.7. The van der Waals surface area contributed by atoms with Crippen LogP contribution in [-0.2, 0) is 0 Å². The van der Waals surface area contributed by atoms with E-state index in [4.69, 9.17) is 5.73 Å². The summed E-state index contributed by atoms with van der Waals surface area (Å²) in [4.78, 5) is 15.3. The number of amides is 1. The van der Waals surface area contributed by atoms with Gasteiger partial charge in [0.1, 0.15) is 11.3 Å². The molecule has 2 heterocycles. The van der Waals surface area contributed by atoms with Crippen LogP contribution in [-0.4, -0.2) is 27.6 Å². The third kappa shape index (κ3) is 2.87. The van der Waals surface area contributed by atoms with Crippen LogP contribution in [0.5, 0.6) is 0 Å². The van der Waals surface area contributed by atoms with E-state index in [0.29, 0.717) is 28.6 Å². The van der Waals surface area contributed by atoms with Crippen LogP contribution in [0.1, 0.15) is 23.8 Å². The number of nitrogen functional groups attached to an aromatic ring is 1. The Hall–Kier alpha value is -3.48. The highest BCUT2D eigenvalue weighted by atomic mass is 19.1. The molecule has 0 saturated heterocycles. The fraction of sp³-hybridized carbons (Fsp3) is 0.150. The number of aromatic amines is 1. The van der Waals surface area contributed by atoms with Gasteiger partial charge in [-0.15, -0.1) is 10.2 Å². The average Bonchev–Trinajstić information content (AvgIpc) is 3.14. The predicted octanol–water partition coefficient (Wildman–Crippen LogP) is 3.64. The molecule has 0 saturated carbocycles. The van der Waals surface area contributed by atoms with Gasteiger partial charge in [-0.25, -0.2) is 4.39 Å². The number of carbonyl (C=O) groups is 1. The molecule has 2 aromatic carbocycles. The summed E-state index contributed by atoms with van der Waals surface area (Å²) in [5.41, 5.74) is 8.68. The first-order chi connectivity index (χ1) is 13.1. The number of hydrogen-bond acceptors (Lipinski definition) is 4. The van der Waals surface area contributed by atoms with Crippen molar-refractivity contribution in [3.8, 4) is 11.1 Å². The minimum absolute atomic E-state index is 0.0506. The maximum Gasteiger partial charge on any atom is 0.273 e. The number of aromatic nitrogens is 3. The molecule has 0 atom stereocenters. The van der Waals surface area contributed by atoms with Crippen molar-refractivity contribution in [1.29, 1.82) is 0 Å². The Bertz CT molecular complexity index is 1170. The Labute approximate surface area is 154 Å². The summed E-state index contributed by atoms with van der Waals surface area (Å²) in [6, 6.07) is 10.4. The molecular formula is C20H18FN5O. The van der Waals surface area contributed by atoms with Gasteiger partial charge in [-0.05, 0) is 47.7 Å². The fourth-order valence-corrected chi connectivity index (χ4v) is 3.14. The lowest BCUT2D eigenvalue weighted by Gasteiger charge is -2.11. The Balaban J connectivity index is 1.89. The van der Waals surface area contributed by atoms with Crippen molar-refractivity contribution in [3.63, 3.8) is 0 Å². The quantitative estimate of drug-likeness (QED) is 0.516. The number of rotatable bonds is 4. The van der Waals surface area contributed by atoms with Gasteiger partial charge < -0.3 is 16.0 Å². The standard InChI is InChI=1S/C20H18FN5O/c1-2-8-24-20(27)19-17(22)13-4-5-14(21)16(18(13)25-26-19)12-3-6-15-11(10-12)7-9-23-15/h3-7,9-10,23H,2,8H2,1H3,(H2,22,25)(H,24,27). The third-order valence-corrected chi connectivity index (χ3v) is 4.51. The van der Waals surface area contributed by atoms with Crippen LogP contribution in [0.15, 0.2) is 42.6 Å². The first-order valence-corrected chi connectivity index (χ1v) is 8.70. The Morgan fingerprint density at radius 1 is 1.22 bits per heavy atom. The van der Waals surface area contributed by atoms with Crippen molar-refractivity contribution >= 4 is 33.4 Å².